The Morgan fingerprint density at radius 2 is 2.04 bits per heavy atom. The number of rotatable bonds is 6. The molecule has 0 saturated carbocycles. The average molecular weight is 331 g/mol. The van der Waals surface area contributed by atoms with Crippen LogP contribution in [0.2, 0.25) is 0 Å². The monoisotopic (exact) mass is 331 g/mol. The maximum absolute atomic E-state index is 11.8. The molecule has 0 bridgehead atoms. The summed E-state index contributed by atoms with van der Waals surface area (Å²) >= 11 is 0. The highest BCUT2D eigenvalue weighted by molar-refractivity contribution is 5.89. The number of methoxy groups -OCH3 is 1. The van der Waals surface area contributed by atoms with Crippen LogP contribution in [0.1, 0.15) is 17.3 Å². The maximum Gasteiger partial charge on any atom is 0.337 e. The number of nitrogens with zero attached hydrogens (tertiary/aromatic N) is 2. The van der Waals surface area contributed by atoms with Gasteiger partial charge in [0.25, 0.3) is 0 Å². The van der Waals surface area contributed by atoms with E-state index >= 15 is 0 Å². The van der Waals surface area contributed by atoms with Crippen molar-refractivity contribution >= 4 is 17.6 Å². The van der Waals surface area contributed by atoms with Crippen LogP contribution in [0, 0.1) is 0 Å². The van der Waals surface area contributed by atoms with Crippen LogP contribution in [0.4, 0.5) is 5.69 Å². The van der Waals surface area contributed by atoms with Gasteiger partial charge in [0.15, 0.2) is 0 Å². The van der Waals surface area contributed by atoms with E-state index in [0.717, 1.165) is 25.3 Å². The van der Waals surface area contributed by atoms with Gasteiger partial charge in [-0.15, -0.1) is 6.58 Å². The van der Waals surface area contributed by atoms with Gasteiger partial charge in [-0.25, -0.2) is 4.79 Å². The molecule has 0 unspecified atom stereocenters. The van der Waals surface area contributed by atoms with E-state index in [1.807, 2.05) is 12.1 Å². The van der Waals surface area contributed by atoms with Gasteiger partial charge in [0, 0.05) is 37.9 Å². The molecule has 6 heteroatoms. The molecule has 1 atom stereocenters. The molecule has 6 nitrogen and oxygen atoms in total. The van der Waals surface area contributed by atoms with Crippen LogP contribution < -0.4 is 10.2 Å². The fourth-order valence-electron chi connectivity index (χ4n) is 2.82. The summed E-state index contributed by atoms with van der Waals surface area (Å²) in [6, 6.07) is 7.70. The minimum Gasteiger partial charge on any atom is -0.465 e. The summed E-state index contributed by atoms with van der Waals surface area (Å²) < 4.78 is 4.71. The highest BCUT2D eigenvalue weighted by atomic mass is 16.5. The lowest BCUT2D eigenvalue weighted by atomic mass is 10.1. The molecular formula is C18H25N3O3. The van der Waals surface area contributed by atoms with Gasteiger partial charge in [-0.1, -0.05) is 6.08 Å². The number of esters is 1. The molecule has 1 heterocycles. The summed E-state index contributed by atoms with van der Waals surface area (Å²) in [4.78, 5) is 27.8. The second-order valence-corrected chi connectivity index (χ2v) is 5.90. The van der Waals surface area contributed by atoms with Crippen molar-refractivity contribution in [2.45, 2.75) is 13.0 Å². The fraction of sp³-hybridized carbons (Fsp3) is 0.444. The summed E-state index contributed by atoms with van der Waals surface area (Å²) in [5.74, 6) is -0.303. The number of hydrogen-bond donors (Lipinski definition) is 1. The van der Waals surface area contributed by atoms with E-state index in [9.17, 15) is 9.59 Å². The van der Waals surface area contributed by atoms with E-state index in [4.69, 9.17) is 4.74 Å². The van der Waals surface area contributed by atoms with Gasteiger partial charge in [0.2, 0.25) is 5.91 Å². The summed E-state index contributed by atoms with van der Waals surface area (Å²) in [6.07, 6.45) is 1.68. The summed E-state index contributed by atoms with van der Waals surface area (Å²) in [5, 5.41) is 2.81. The second kappa shape index (κ2) is 8.49. The Hall–Kier alpha value is -2.34. The molecule has 1 aromatic carbocycles. The quantitative estimate of drug-likeness (QED) is 0.629. The molecular weight excluding hydrogens is 306 g/mol. The zero-order chi connectivity index (χ0) is 17.5. The van der Waals surface area contributed by atoms with Gasteiger partial charge < -0.3 is 15.0 Å². The van der Waals surface area contributed by atoms with Gasteiger partial charge in [-0.2, -0.15) is 0 Å². The minimum atomic E-state index is -0.328. The van der Waals surface area contributed by atoms with Crippen LogP contribution in [0.25, 0.3) is 0 Å². The molecule has 24 heavy (non-hydrogen) atoms. The van der Waals surface area contributed by atoms with Crippen molar-refractivity contribution in [1.29, 1.82) is 0 Å². The topological polar surface area (TPSA) is 61.9 Å². The van der Waals surface area contributed by atoms with Gasteiger partial charge in [-0.3, -0.25) is 9.69 Å². The van der Waals surface area contributed by atoms with E-state index in [0.29, 0.717) is 18.7 Å². The number of ether oxygens (including phenoxy) is 1. The Balaban J connectivity index is 1.91. The first kappa shape index (κ1) is 18.0. The van der Waals surface area contributed by atoms with E-state index in [1.54, 1.807) is 18.2 Å². The molecule has 0 aromatic heterocycles. The van der Waals surface area contributed by atoms with E-state index in [2.05, 4.69) is 28.6 Å². The molecule has 2 rings (SSSR count). The van der Waals surface area contributed by atoms with Gasteiger partial charge >= 0.3 is 5.97 Å². The van der Waals surface area contributed by atoms with Crippen LogP contribution in [0.5, 0.6) is 0 Å². The van der Waals surface area contributed by atoms with E-state index in [1.165, 1.54) is 7.11 Å². The van der Waals surface area contributed by atoms with Crippen molar-refractivity contribution in [2.75, 3.05) is 44.7 Å². The zero-order valence-corrected chi connectivity index (χ0v) is 14.3. The molecule has 130 valence electrons. The van der Waals surface area contributed by atoms with Crippen LogP contribution in [-0.2, 0) is 9.53 Å². The summed E-state index contributed by atoms with van der Waals surface area (Å²) in [7, 11) is 1.38. The van der Waals surface area contributed by atoms with Crippen molar-refractivity contribution in [3.05, 3.63) is 42.5 Å². The smallest absolute Gasteiger partial charge is 0.337 e. The summed E-state index contributed by atoms with van der Waals surface area (Å²) in [6.45, 7) is 9.13. The van der Waals surface area contributed by atoms with Crippen molar-refractivity contribution in [3.63, 3.8) is 0 Å². The molecule has 1 amide bonds. The Bertz CT molecular complexity index is 586. The number of piperazine rings is 1. The Kier molecular flexibility index (Phi) is 6.37. The highest BCUT2D eigenvalue weighted by Gasteiger charge is 2.25. The third-order valence-corrected chi connectivity index (χ3v) is 4.21. The van der Waals surface area contributed by atoms with Crippen molar-refractivity contribution in [3.8, 4) is 0 Å². The van der Waals surface area contributed by atoms with E-state index in [-0.39, 0.29) is 17.9 Å². The SMILES string of the molecule is C=CCNC(=O)CN1CCN(c2ccc(C(=O)OC)cc2)C[C@H]1C. The van der Waals surface area contributed by atoms with Crippen LogP contribution in [0.3, 0.4) is 0 Å². The number of carbonyl (C=O) groups excluding carboxylic acids is 2. The van der Waals surface area contributed by atoms with Gasteiger partial charge in [0.05, 0.1) is 19.2 Å². The lowest BCUT2D eigenvalue weighted by Gasteiger charge is -2.40. The van der Waals surface area contributed by atoms with Crippen molar-refractivity contribution in [2.24, 2.45) is 0 Å². The van der Waals surface area contributed by atoms with E-state index < -0.39 is 0 Å². The number of anilines is 1. The molecule has 1 aliphatic rings. The number of benzene rings is 1. The molecule has 0 spiro atoms. The molecule has 1 aromatic rings. The number of nitrogens with one attached hydrogen (secondary N) is 1. The first-order valence-corrected chi connectivity index (χ1v) is 8.10. The molecule has 0 radical (unpaired) electrons. The minimum absolute atomic E-state index is 0.0256. The Morgan fingerprint density at radius 3 is 2.62 bits per heavy atom. The lowest BCUT2D eigenvalue weighted by molar-refractivity contribution is -0.122. The van der Waals surface area contributed by atoms with Crippen LogP contribution >= 0.6 is 0 Å². The Labute approximate surface area is 143 Å². The first-order chi connectivity index (χ1) is 11.5. The molecule has 0 aliphatic carbocycles. The predicted octanol–water partition coefficient (Wildman–Crippen LogP) is 1.29. The summed E-state index contributed by atoms with van der Waals surface area (Å²) in [5.41, 5.74) is 1.62. The third kappa shape index (κ3) is 4.58. The third-order valence-electron chi connectivity index (χ3n) is 4.21. The zero-order valence-electron chi connectivity index (χ0n) is 14.3. The fourth-order valence-corrected chi connectivity index (χ4v) is 2.82. The second-order valence-electron chi connectivity index (χ2n) is 5.90. The van der Waals surface area contributed by atoms with Crippen LogP contribution in [0.15, 0.2) is 36.9 Å². The predicted molar refractivity (Wildman–Crippen MR) is 94.2 cm³/mol. The van der Waals surface area contributed by atoms with Gasteiger partial charge in [0.1, 0.15) is 0 Å². The van der Waals surface area contributed by atoms with Gasteiger partial charge in [-0.05, 0) is 31.2 Å². The number of amides is 1. The standard InChI is InChI=1S/C18H25N3O3/c1-4-9-19-17(22)13-20-10-11-21(12-14(20)2)16-7-5-15(6-8-16)18(23)24-3/h4-8,14H,1,9-13H2,2-3H3,(H,19,22)/t14-/m1/s1. The normalized spacial score (nSPS) is 18.1. The number of hydrogen-bond acceptors (Lipinski definition) is 5. The van der Waals surface area contributed by atoms with Crippen LogP contribution in [-0.4, -0.2) is 62.7 Å². The molecule has 1 aliphatic heterocycles. The molecule has 1 N–H and O–H groups in total. The largest absolute Gasteiger partial charge is 0.465 e. The molecule has 1 saturated heterocycles. The average Bonchev–Trinajstić information content (AvgIpc) is 2.61. The molecule has 1 fully saturated rings. The lowest BCUT2D eigenvalue weighted by Crippen LogP contribution is -2.54. The van der Waals surface area contributed by atoms with Crippen molar-refractivity contribution in [1.82, 2.24) is 10.2 Å². The number of carbonyl (C=O) groups is 2. The first-order valence-electron chi connectivity index (χ1n) is 8.10. The highest BCUT2D eigenvalue weighted by Crippen LogP contribution is 2.20. The Morgan fingerprint density at radius 1 is 1.33 bits per heavy atom. The maximum atomic E-state index is 11.8. The van der Waals surface area contributed by atoms with Crippen molar-refractivity contribution < 1.29 is 14.3 Å².